The van der Waals surface area contributed by atoms with E-state index in [9.17, 15) is 5.11 Å². The summed E-state index contributed by atoms with van der Waals surface area (Å²) in [6.07, 6.45) is 1.39. The van der Waals surface area contributed by atoms with Gasteiger partial charge >= 0.3 is 0 Å². The van der Waals surface area contributed by atoms with Crippen molar-refractivity contribution in [3.8, 4) is 0 Å². The van der Waals surface area contributed by atoms with Crippen LogP contribution < -0.4 is 0 Å². The number of hydrogen-bond donors (Lipinski definition) is 1. The molecule has 0 aliphatic rings. The van der Waals surface area contributed by atoms with Gasteiger partial charge in [0.15, 0.2) is 0 Å². The van der Waals surface area contributed by atoms with Gasteiger partial charge in [0, 0.05) is 3.57 Å². The maximum Gasteiger partial charge on any atom is 0.0984 e. The molecule has 14 heavy (non-hydrogen) atoms. The number of aryl methyl sites for hydroxylation is 1. The lowest BCUT2D eigenvalue weighted by Crippen LogP contribution is -1.98. The fourth-order valence-electron chi connectivity index (χ4n) is 1.30. The van der Waals surface area contributed by atoms with Gasteiger partial charge in [-0.15, -0.1) is 0 Å². The van der Waals surface area contributed by atoms with Gasteiger partial charge in [0.25, 0.3) is 0 Å². The van der Waals surface area contributed by atoms with Gasteiger partial charge in [0.2, 0.25) is 0 Å². The summed E-state index contributed by atoms with van der Waals surface area (Å²) in [6.45, 7) is 6.04. The molecule has 0 saturated heterocycles. The van der Waals surface area contributed by atoms with Crippen LogP contribution >= 0.6 is 22.6 Å². The summed E-state index contributed by atoms with van der Waals surface area (Å²) < 4.78 is 1.15. The Hall–Kier alpha value is -0.350. The fraction of sp³-hybridized carbons (Fsp3) is 0.333. The first-order valence-corrected chi connectivity index (χ1v) is 5.68. The molecule has 1 nitrogen and oxygen atoms in total. The summed E-state index contributed by atoms with van der Waals surface area (Å²) in [7, 11) is 0. The number of aliphatic hydroxyl groups excluding tert-OH is 1. The molecule has 0 aliphatic heterocycles. The lowest BCUT2D eigenvalue weighted by Gasteiger charge is -2.11. The molecule has 0 spiro atoms. The van der Waals surface area contributed by atoms with Crippen LogP contribution in [0.3, 0.4) is 0 Å². The van der Waals surface area contributed by atoms with E-state index in [0.717, 1.165) is 14.7 Å². The van der Waals surface area contributed by atoms with Crippen LogP contribution in [-0.2, 0) is 0 Å². The van der Waals surface area contributed by atoms with E-state index >= 15 is 0 Å². The number of allylic oxidation sites excluding steroid dienone is 1. The predicted octanol–water partition coefficient (Wildman–Crippen LogP) is 3.60. The number of halogens is 1. The topological polar surface area (TPSA) is 20.2 Å². The molecule has 0 radical (unpaired) electrons. The van der Waals surface area contributed by atoms with Crippen LogP contribution in [0, 0.1) is 10.5 Å². The Labute approximate surface area is 99.0 Å². The molecule has 0 aliphatic carbocycles. The van der Waals surface area contributed by atoms with Crippen LogP contribution in [-0.4, -0.2) is 5.11 Å². The highest BCUT2D eigenvalue weighted by Gasteiger charge is 2.09. The lowest BCUT2D eigenvalue weighted by molar-refractivity contribution is 0.226. The van der Waals surface area contributed by atoms with E-state index in [-0.39, 0.29) is 0 Å². The summed E-state index contributed by atoms with van der Waals surface area (Å²) in [5.74, 6) is 0. The Morgan fingerprint density at radius 1 is 1.43 bits per heavy atom. The zero-order chi connectivity index (χ0) is 10.7. The molecule has 1 N–H and O–H groups in total. The van der Waals surface area contributed by atoms with Gasteiger partial charge in [-0.3, -0.25) is 0 Å². The van der Waals surface area contributed by atoms with Crippen LogP contribution in [0.1, 0.15) is 31.1 Å². The molecule has 0 heterocycles. The summed E-state index contributed by atoms with van der Waals surface area (Å²) in [4.78, 5) is 0. The minimum Gasteiger partial charge on any atom is -0.384 e. The van der Waals surface area contributed by atoms with Gasteiger partial charge in [0.1, 0.15) is 0 Å². The zero-order valence-electron chi connectivity index (χ0n) is 8.71. The van der Waals surface area contributed by atoms with Crippen LogP contribution in [0.5, 0.6) is 0 Å². The molecule has 76 valence electrons. The highest BCUT2D eigenvalue weighted by Crippen LogP contribution is 2.24. The Morgan fingerprint density at radius 2 is 2.07 bits per heavy atom. The van der Waals surface area contributed by atoms with Crippen LogP contribution in [0.2, 0.25) is 0 Å². The highest BCUT2D eigenvalue weighted by molar-refractivity contribution is 14.1. The van der Waals surface area contributed by atoms with Crippen molar-refractivity contribution in [1.29, 1.82) is 0 Å². The first-order valence-electron chi connectivity index (χ1n) is 4.60. The maximum absolute atomic E-state index is 9.92. The van der Waals surface area contributed by atoms with Crippen LogP contribution in [0.25, 0.3) is 0 Å². The zero-order valence-corrected chi connectivity index (χ0v) is 10.9. The number of aliphatic hydroxyl groups is 1. The second-order valence-corrected chi connectivity index (χ2v) is 4.75. The van der Waals surface area contributed by atoms with E-state index in [1.54, 1.807) is 0 Å². The van der Waals surface area contributed by atoms with E-state index in [4.69, 9.17) is 0 Å². The largest absolute Gasteiger partial charge is 0.384 e. The van der Waals surface area contributed by atoms with Gasteiger partial charge < -0.3 is 5.11 Å². The van der Waals surface area contributed by atoms with Crippen LogP contribution in [0.15, 0.2) is 29.8 Å². The number of benzene rings is 1. The third-order valence-electron chi connectivity index (χ3n) is 2.03. The van der Waals surface area contributed by atoms with Crippen LogP contribution in [0.4, 0.5) is 0 Å². The Morgan fingerprint density at radius 3 is 2.64 bits per heavy atom. The maximum atomic E-state index is 9.92. The first kappa shape index (κ1) is 11.7. The molecule has 0 saturated carbocycles. The van der Waals surface area contributed by atoms with E-state index in [1.807, 2.05) is 32.1 Å². The second kappa shape index (κ2) is 4.94. The minimum atomic E-state index is -0.480. The minimum absolute atomic E-state index is 0.480. The van der Waals surface area contributed by atoms with Crippen molar-refractivity contribution in [1.82, 2.24) is 0 Å². The Balaban J connectivity index is 3.07. The van der Waals surface area contributed by atoms with Crippen molar-refractivity contribution in [2.45, 2.75) is 26.9 Å². The quantitative estimate of drug-likeness (QED) is 0.654. The van der Waals surface area contributed by atoms with Gasteiger partial charge in [0.05, 0.1) is 6.10 Å². The van der Waals surface area contributed by atoms with Crippen molar-refractivity contribution in [3.63, 3.8) is 0 Å². The SMILES string of the molecule is CC(C)=CC(O)c1cccc(C)c1I. The van der Waals surface area contributed by atoms with Gasteiger partial charge in [-0.1, -0.05) is 29.8 Å². The summed E-state index contributed by atoms with van der Waals surface area (Å²) in [5.41, 5.74) is 3.34. The third-order valence-corrected chi connectivity index (χ3v) is 3.51. The van der Waals surface area contributed by atoms with Crippen molar-refractivity contribution in [2.75, 3.05) is 0 Å². The van der Waals surface area contributed by atoms with Gasteiger partial charge in [-0.2, -0.15) is 0 Å². The smallest absolute Gasteiger partial charge is 0.0984 e. The Bertz CT molecular complexity index is 351. The van der Waals surface area contributed by atoms with Gasteiger partial charge in [-0.05, 0) is 54.5 Å². The Kier molecular flexibility index (Phi) is 4.13. The van der Waals surface area contributed by atoms with E-state index < -0.39 is 6.10 Å². The average Bonchev–Trinajstić information content (AvgIpc) is 2.08. The number of hydrogen-bond acceptors (Lipinski definition) is 1. The predicted molar refractivity (Wildman–Crippen MR) is 68.3 cm³/mol. The summed E-state index contributed by atoms with van der Waals surface area (Å²) >= 11 is 2.28. The molecule has 1 atom stereocenters. The van der Waals surface area contributed by atoms with E-state index in [1.165, 1.54) is 5.56 Å². The number of rotatable bonds is 2. The van der Waals surface area contributed by atoms with Gasteiger partial charge in [-0.25, -0.2) is 0 Å². The highest BCUT2D eigenvalue weighted by atomic mass is 127. The normalized spacial score (nSPS) is 12.4. The molecule has 1 aromatic rings. The third kappa shape index (κ3) is 2.82. The molecule has 1 unspecified atom stereocenters. The molecule has 1 rings (SSSR count). The summed E-state index contributed by atoms with van der Waals surface area (Å²) in [5, 5.41) is 9.92. The average molecular weight is 302 g/mol. The van der Waals surface area contributed by atoms with E-state index in [2.05, 4.69) is 35.6 Å². The second-order valence-electron chi connectivity index (χ2n) is 3.67. The molecular weight excluding hydrogens is 287 g/mol. The molecule has 0 aromatic heterocycles. The van der Waals surface area contributed by atoms with Crippen molar-refractivity contribution in [3.05, 3.63) is 44.5 Å². The summed E-state index contributed by atoms with van der Waals surface area (Å²) in [6, 6.07) is 6.01. The first-order chi connectivity index (χ1) is 6.52. The molecule has 2 heteroatoms. The standard InChI is InChI=1S/C12H15IO/c1-8(2)7-11(14)10-6-4-5-9(3)12(10)13/h4-7,11,14H,1-3H3. The molecule has 0 amide bonds. The fourth-order valence-corrected chi connectivity index (χ4v) is 1.98. The van der Waals surface area contributed by atoms with Crippen molar-refractivity contribution >= 4 is 22.6 Å². The molecule has 1 aromatic carbocycles. The van der Waals surface area contributed by atoms with Crippen molar-refractivity contribution in [2.24, 2.45) is 0 Å². The van der Waals surface area contributed by atoms with Crippen molar-refractivity contribution < 1.29 is 5.11 Å². The molecular formula is C12H15IO. The monoisotopic (exact) mass is 302 g/mol. The molecule has 0 bridgehead atoms. The van der Waals surface area contributed by atoms with E-state index in [0.29, 0.717) is 0 Å². The molecule has 0 fully saturated rings. The lowest BCUT2D eigenvalue weighted by atomic mass is 10.1.